The van der Waals surface area contributed by atoms with Gasteiger partial charge in [-0.15, -0.1) is 0 Å². The zero-order valence-corrected chi connectivity index (χ0v) is 54.2. The molecule has 5 atom stereocenters. The van der Waals surface area contributed by atoms with Gasteiger partial charge in [0.2, 0.25) is 29.4 Å². The van der Waals surface area contributed by atoms with E-state index < -0.39 is 114 Å². The van der Waals surface area contributed by atoms with Gasteiger partial charge in [-0.2, -0.15) is 0 Å². The first-order chi connectivity index (χ1) is 42.8. The number of hydrogen-bond donors (Lipinski definition) is 2. The quantitative estimate of drug-likeness (QED) is 0.102. The summed E-state index contributed by atoms with van der Waals surface area (Å²) >= 11 is 0. The second-order valence-corrected chi connectivity index (χ2v) is 24.4. The van der Waals surface area contributed by atoms with Crippen molar-refractivity contribution in [3.05, 3.63) is 108 Å². The van der Waals surface area contributed by atoms with Gasteiger partial charge in [-0.05, 0) is 120 Å². The van der Waals surface area contributed by atoms with Gasteiger partial charge in [0.25, 0.3) is 11.8 Å². The van der Waals surface area contributed by atoms with Crippen LogP contribution >= 0.6 is 0 Å². The molecule has 2 aliphatic rings. The number of rotatable bonds is 13. The van der Waals surface area contributed by atoms with Crippen molar-refractivity contribution in [3.8, 4) is 23.0 Å². The van der Waals surface area contributed by atoms with Crippen LogP contribution in [0.25, 0.3) is 10.8 Å². The van der Waals surface area contributed by atoms with E-state index >= 15 is 4.79 Å². The summed E-state index contributed by atoms with van der Waals surface area (Å²) in [5.41, 5.74) is -0.440. The molecule has 0 saturated carbocycles. The average molecular weight is 1250 g/mol. The minimum absolute atomic E-state index is 0.00639. The highest BCUT2D eigenvalue weighted by Gasteiger charge is 2.43. The Bertz CT molecular complexity index is 3230. The van der Waals surface area contributed by atoms with Crippen molar-refractivity contribution in [2.75, 3.05) is 81.9 Å². The van der Waals surface area contributed by atoms with Gasteiger partial charge in [-0.1, -0.05) is 80.4 Å². The molecule has 4 aromatic carbocycles. The molecule has 0 spiro atoms. The molecule has 4 aromatic rings. The van der Waals surface area contributed by atoms with Crippen molar-refractivity contribution in [2.24, 2.45) is 5.41 Å². The van der Waals surface area contributed by atoms with Crippen LogP contribution in [0.5, 0.6) is 23.0 Å². The SMILES string of the molecule is CCCC[C@H]1C(=O)N[C@@H](Cc2ccc3ccccc3c2)C(=O)N(C)[C@@H](COC(C)(C)C)C(=O)NCC(=O)N(C)CCC=CC(=O)OCC(C)(C)C(=O)C(=O)N2CCCC[C@H]2C(=O)O[C@H](CCc2cc(OC)cc(OC)c2OC)c2cccc(c2)OCC(=O)N1C. The third-order valence-corrected chi connectivity index (χ3v) is 16.1. The fraction of sp³-hybridized carbons (Fsp3) is 0.515. The van der Waals surface area contributed by atoms with E-state index in [1.54, 1.807) is 57.2 Å². The number of cyclic esters (lactones) is 2. The van der Waals surface area contributed by atoms with Crippen molar-refractivity contribution in [1.82, 2.24) is 30.2 Å². The molecule has 22 nitrogen and oxygen atoms in total. The Morgan fingerprint density at radius 3 is 2.19 bits per heavy atom. The largest absolute Gasteiger partial charge is 0.497 e. The molecule has 0 unspecified atom stereocenters. The number of fused-ring (bicyclic) bond motifs is 4. The van der Waals surface area contributed by atoms with E-state index in [1.165, 1.54) is 82.0 Å². The Morgan fingerprint density at radius 2 is 1.49 bits per heavy atom. The van der Waals surface area contributed by atoms with Crippen molar-refractivity contribution in [1.29, 1.82) is 0 Å². The number of carbonyl (C=O) groups excluding carboxylic acids is 9. The number of amides is 6. The number of esters is 2. The summed E-state index contributed by atoms with van der Waals surface area (Å²) in [4.78, 5) is 133. The summed E-state index contributed by atoms with van der Waals surface area (Å²) in [6.07, 6.45) is 4.89. The molecule has 1 saturated heterocycles. The molecule has 22 heteroatoms. The van der Waals surface area contributed by atoms with E-state index in [1.807, 2.05) is 49.4 Å². The first-order valence-corrected chi connectivity index (χ1v) is 30.7. The lowest BCUT2D eigenvalue weighted by Gasteiger charge is -2.36. The average Bonchev–Trinajstić information content (AvgIpc) is 1.01. The number of likely N-dealkylation sites (N-methyl/N-ethyl adjacent to an activating group) is 3. The molecule has 2 heterocycles. The lowest BCUT2D eigenvalue weighted by Crippen LogP contribution is -2.59. The number of piperidine rings is 1. The predicted octanol–water partition coefficient (Wildman–Crippen LogP) is 6.90. The molecular weight excluding hydrogens is 1160 g/mol. The van der Waals surface area contributed by atoms with Crippen molar-refractivity contribution >= 4 is 63.9 Å². The summed E-state index contributed by atoms with van der Waals surface area (Å²) in [5.74, 6) is -4.86. The summed E-state index contributed by atoms with van der Waals surface area (Å²) in [6, 6.07) is 18.7. The van der Waals surface area contributed by atoms with E-state index in [0.717, 1.165) is 16.8 Å². The molecule has 90 heavy (non-hydrogen) atoms. The van der Waals surface area contributed by atoms with Crippen LogP contribution in [-0.2, 0) is 70.2 Å². The Hall–Kier alpha value is -8.53. The minimum Gasteiger partial charge on any atom is -0.497 e. The maximum atomic E-state index is 15.1. The standard InChI is InChI=1S/C68H90N6O16/c1-13-14-26-52-63(80)70-51(36-44-29-30-45-22-15-16-23-46(45)35-44)64(81)73(9)54(41-89-67(2,3)4)62(79)69-40-57(75)71(7)33-19-18-28-59(77)88-43-68(5,6)61(78)65(82)74-34-20-17-27-53(74)66(83)90-55(47-24-21-25-49(37-47)87-42-58(76)72(52)8)32-31-48-38-50(84-10)39-56(85-11)60(48)86-12/h15-16,18,21-25,28-30,35,37-39,51-55H,13-14,17,19-20,26-27,31-34,36,40-43H2,1-12H3,(H,69,79)(H,70,80)/t51-,52-,53-,54-,55+/m0/s1. The minimum atomic E-state index is -1.51. The monoisotopic (exact) mass is 1250 g/mol. The van der Waals surface area contributed by atoms with Crippen LogP contribution in [0.2, 0.25) is 0 Å². The molecule has 0 radical (unpaired) electrons. The highest BCUT2D eigenvalue weighted by Crippen LogP contribution is 2.38. The topological polar surface area (TPSA) is 255 Å². The van der Waals surface area contributed by atoms with Crippen LogP contribution in [-0.4, -0.2) is 184 Å². The molecule has 1 fully saturated rings. The highest BCUT2D eigenvalue weighted by atomic mass is 16.5. The molecule has 2 aliphatic heterocycles. The zero-order chi connectivity index (χ0) is 65.9. The van der Waals surface area contributed by atoms with Gasteiger partial charge >= 0.3 is 11.9 Å². The molecule has 6 amide bonds. The summed E-state index contributed by atoms with van der Waals surface area (Å²) < 4.78 is 41.1. The van der Waals surface area contributed by atoms with Crippen molar-refractivity contribution < 1.29 is 76.3 Å². The summed E-state index contributed by atoms with van der Waals surface area (Å²) in [5, 5.41) is 7.49. The van der Waals surface area contributed by atoms with Gasteiger partial charge in [-0.3, -0.25) is 33.6 Å². The van der Waals surface area contributed by atoms with Gasteiger partial charge < -0.3 is 63.4 Å². The predicted molar refractivity (Wildman–Crippen MR) is 337 cm³/mol. The van der Waals surface area contributed by atoms with Crippen molar-refractivity contribution in [3.63, 3.8) is 0 Å². The number of unbranched alkanes of at least 4 members (excludes halogenated alkanes) is 1. The fourth-order valence-corrected chi connectivity index (χ4v) is 10.6. The summed E-state index contributed by atoms with van der Waals surface area (Å²) in [6.45, 7) is 8.72. The molecule has 2 bridgehead atoms. The van der Waals surface area contributed by atoms with Crippen LogP contribution < -0.4 is 29.6 Å². The van der Waals surface area contributed by atoms with E-state index in [9.17, 15) is 38.4 Å². The first kappa shape index (κ1) is 70.6. The van der Waals surface area contributed by atoms with E-state index in [2.05, 4.69) is 10.6 Å². The molecule has 2 N–H and O–H groups in total. The number of Topliss-reactive ketones (excluding diaryl/α,β-unsaturated/α-hetero) is 1. The van der Waals surface area contributed by atoms with Crippen LogP contribution in [0.1, 0.15) is 116 Å². The number of benzene rings is 4. The highest BCUT2D eigenvalue weighted by molar-refractivity contribution is 6.38. The molecule has 6 rings (SSSR count). The maximum Gasteiger partial charge on any atom is 0.330 e. The Labute approximate surface area is 528 Å². The second kappa shape index (κ2) is 32.8. The second-order valence-electron chi connectivity index (χ2n) is 24.4. The zero-order valence-electron chi connectivity index (χ0n) is 54.2. The molecular formula is C68H90N6O16. The van der Waals surface area contributed by atoms with Crippen LogP contribution in [0.15, 0.2) is 91.0 Å². The van der Waals surface area contributed by atoms with Crippen molar-refractivity contribution in [2.45, 2.75) is 142 Å². The van der Waals surface area contributed by atoms with Gasteiger partial charge in [0, 0.05) is 58.4 Å². The van der Waals surface area contributed by atoms with Crippen LogP contribution in [0.4, 0.5) is 0 Å². The van der Waals surface area contributed by atoms with Crippen LogP contribution in [0, 0.1) is 5.41 Å². The number of carbonyl (C=O) groups is 9. The summed E-state index contributed by atoms with van der Waals surface area (Å²) in [7, 11) is 8.96. The first-order valence-electron chi connectivity index (χ1n) is 30.7. The number of aryl methyl sites for hydroxylation is 1. The Kier molecular flexibility index (Phi) is 25.7. The third-order valence-electron chi connectivity index (χ3n) is 16.1. The van der Waals surface area contributed by atoms with Gasteiger partial charge in [-0.25, -0.2) is 9.59 Å². The lowest BCUT2D eigenvalue weighted by molar-refractivity contribution is -0.165. The van der Waals surface area contributed by atoms with Gasteiger partial charge in [0.15, 0.2) is 18.1 Å². The van der Waals surface area contributed by atoms with Gasteiger partial charge in [0.1, 0.15) is 48.4 Å². The van der Waals surface area contributed by atoms with Gasteiger partial charge in [0.05, 0.1) is 45.5 Å². The molecule has 488 valence electrons. The third kappa shape index (κ3) is 19.5. The maximum absolute atomic E-state index is 15.1. The Balaban J connectivity index is 1.37. The number of nitrogens with one attached hydrogen (secondary N) is 2. The van der Waals surface area contributed by atoms with E-state index in [4.69, 9.17) is 33.2 Å². The number of ether oxygens (including phenoxy) is 7. The fourth-order valence-electron chi connectivity index (χ4n) is 10.6. The number of nitrogens with zero attached hydrogens (tertiary/aromatic N) is 4. The molecule has 0 aliphatic carbocycles. The number of hydrogen-bond acceptors (Lipinski definition) is 16. The molecule has 0 aromatic heterocycles. The normalized spacial score (nSPS) is 21.3. The van der Waals surface area contributed by atoms with E-state index in [0.29, 0.717) is 59.6 Å². The van der Waals surface area contributed by atoms with E-state index in [-0.39, 0.29) is 64.0 Å². The lowest BCUT2D eigenvalue weighted by atomic mass is 9.87. The smallest absolute Gasteiger partial charge is 0.330 e. The number of ketones is 1. The number of methoxy groups -OCH3 is 3. The van der Waals surface area contributed by atoms with Crippen LogP contribution in [0.3, 0.4) is 0 Å². The Morgan fingerprint density at radius 1 is 0.744 bits per heavy atom.